The van der Waals surface area contributed by atoms with Gasteiger partial charge in [-0.1, -0.05) is 0 Å². The Hall–Kier alpha value is -1.57. The van der Waals surface area contributed by atoms with Gasteiger partial charge in [-0.25, -0.2) is 0 Å². The average molecular weight is 337 g/mol. The van der Waals surface area contributed by atoms with Crippen LogP contribution in [-0.2, 0) is 4.74 Å². The zero-order valence-corrected chi connectivity index (χ0v) is 15.0. The lowest BCUT2D eigenvalue weighted by Crippen LogP contribution is -2.69. The van der Waals surface area contributed by atoms with Crippen molar-refractivity contribution in [3.8, 4) is 6.07 Å². The molecular weight excluding hydrogens is 310 g/mol. The maximum absolute atomic E-state index is 8.97. The van der Waals surface area contributed by atoms with E-state index >= 15 is 0 Å². The van der Waals surface area contributed by atoms with Crippen LogP contribution in [0.3, 0.4) is 0 Å². The molecule has 0 aromatic heterocycles. The predicted molar refractivity (Wildman–Crippen MR) is 97.6 cm³/mol. The van der Waals surface area contributed by atoms with Crippen LogP contribution in [0.1, 0.15) is 51.0 Å². The summed E-state index contributed by atoms with van der Waals surface area (Å²) in [5, 5.41) is 8.97. The minimum atomic E-state index is 0.339. The molecule has 4 bridgehead atoms. The highest BCUT2D eigenvalue weighted by atomic mass is 16.5. The third-order valence-corrected chi connectivity index (χ3v) is 7.14. The van der Waals surface area contributed by atoms with Crippen molar-refractivity contribution in [2.24, 2.45) is 0 Å². The van der Waals surface area contributed by atoms with E-state index in [9.17, 15) is 0 Å². The molecule has 4 nitrogen and oxygen atoms in total. The molecule has 5 aliphatic rings. The Kier molecular flexibility index (Phi) is 3.59. The van der Waals surface area contributed by atoms with Crippen molar-refractivity contribution in [3.05, 3.63) is 29.8 Å². The molecule has 0 radical (unpaired) electrons. The summed E-state index contributed by atoms with van der Waals surface area (Å²) in [6.07, 6.45) is 8.56. The van der Waals surface area contributed by atoms with Crippen molar-refractivity contribution < 1.29 is 4.74 Å². The van der Waals surface area contributed by atoms with Gasteiger partial charge >= 0.3 is 0 Å². The van der Waals surface area contributed by atoms with E-state index in [1.165, 1.54) is 44.2 Å². The van der Waals surface area contributed by atoms with E-state index in [-0.39, 0.29) is 0 Å². The number of anilines is 1. The number of hydrogen-bond donors (Lipinski definition) is 0. The van der Waals surface area contributed by atoms with Gasteiger partial charge in [-0.15, -0.1) is 0 Å². The van der Waals surface area contributed by atoms with Crippen LogP contribution in [-0.4, -0.2) is 47.8 Å². The van der Waals surface area contributed by atoms with Crippen molar-refractivity contribution in [3.63, 3.8) is 0 Å². The third kappa shape index (κ3) is 2.56. The summed E-state index contributed by atoms with van der Waals surface area (Å²) in [7, 11) is 0. The molecule has 0 saturated carbocycles. The molecule has 132 valence electrons. The maximum atomic E-state index is 8.97. The number of nitriles is 1. The third-order valence-electron chi connectivity index (χ3n) is 7.14. The SMILES string of the molecule is CC1(N2C3CC4CC2CC(C3)O4)CCN(c2ccc(C#N)cc2)CC1. The molecule has 4 heteroatoms. The van der Waals surface area contributed by atoms with Crippen LogP contribution < -0.4 is 4.90 Å². The van der Waals surface area contributed by atoms with E-state index in [1.807, 2.05) is 12.1 Å². The van der Waals surface area contributed by atoms with Crippen molar-refractivity contribution in [1.29, 1.82) is 5.26 Å². The minimum absolute atomic E-state index is 0.339. The molecule has 5 aliphatic heterocycles. The molecule has 5 saturated heterocycles. The van der Waals surface area contributed by atoms with Crippen LogP contribution in [0.4, 0.5) is 5.69 Å². The Bertz CT molecular complexity index is 656. The van der Waals surface area contributed by atoms with Crippen molar-refractivity contribution in [1.82, 2.24) is 4.90 Å². The molecule has 6 rings (SSSR count). The summed E-state index contributed by atoms with van der Waals surface area (Å²) in [5.74, 6) is 0. The summed E-state index contributed by atoms with van der Waals surface area (Å²) < 4.78 is 6.13. The summed E-state index contributed by atoms with van der Waals surface area (Å²) in [6.45, 7) is 4.73. The van der Waals surface area contributed by atoms with E-state index in [2.05, 4.69) is 34.9 Å². The van der Waals surface area contributed by atoms with Crippen molar-refractivity contribution in [2.75, 3.05) is 18.0 Å². The van der Waals surface area contributed by atoms with Gasteiger partial charge in [-0.05, 0) is 69.7 Å². The van der Waals surface area contributed by atoms with E-state index in [0.717, 1.165) is 30.7 Å². The highest BCUT2D eigenvalue weighted by Crippen LogP contribution is 2.48. The Morgan fingerprint density at radius 1 is 1.00 bits per heavy atom. The molecule has 5 heterocycles. The minimum Gasteiger partial charge on any atom is -0.375 e. The van der Waals surface area contributed by atoms with Crippen molar-refractivity contribution >= 4 is 5.69 Å². The fourth-order valence-corrected chi connectivity index (χ4v) is 5.98. The molecule has 0 aliphatic carbocycles. The van der Waals surface area contributed by atoms with Crippen LogP contribution in [0.15, 0.2) is 24.3 Å². The van der Waals surface area contributed by atoms with Crippen LogP contribution >= 0.6 is 0 Å². The van der Waals surface area contributed by atoms with Gasteiger partial charge in [0.2, 0.25) is 0 Å². The smallest absolute Gasteiger partial charge is 0.0991 e. The second kappa shape index (κ2) is 5.72. The Balaban J connectivity index is 1.29. The van der Waals surface area contributed by atoms with Gasteiger partial charge in [0.05, 0.1) is 23.8 Å². The van der Waals surface area contributed by atoms with Gasteiger partial charge < -0.3 is 9.64 Å². The summed E-state index contributed by atoms with van der Waals surface area (Å²) in [4.78, 5) is 5.40. The zero-order chi connectivity index (χ0) is 17.0. The topological polar surface area (TPSA) is 39.5 Å². The van der Waals surface area contributed by atoms with E-state index in [0.29, 0.717) is 17.7 Å². The molecule has 0 N–H and O–H groups in total. The predicted octanol–water partition coefficient (Wildman–Crippen LogP) is 3.31. The number of nitrogens with zero attached hydrogens (tertiary/aromatic N) is 3. The Morgan fingerprint density at radius 2 is 1.56 bits per heavy atom. The first-order chi connectivity index (χ1) is 12.1. The highest BCUT2D eigenvalue weighted by molar-refractivity contribution is 5.50. The molecule has 1 aromatic carbocycles. The standard InChI is InChI=1S/C21H27N3O/c1-21(24-17-10-19-12-18(24)13-20(11-17)25-19)6-8-23(9-7-21)16-4-2-15(14-22)3-5-16/h2-5,17-20H,6-13H2,1H3. The number of hydrogen-bond acceptors (Lipinski definition) is 4. The van der Waals surface area contributed by atoms with Crippen LogP contribution in [0.25, 0.3) is 0 Å². The Morgan fingerprint density at radius 3 is 2.08 bits per heavy atom. The first-order valence-electron chi connectivity index (χ1n) is 9.84. The fraction of sp³-hybridized carbons (Fsp3) is 0.667. The average Bonchev–Trinajstić information content (AvgIpc) is 2.61. The van der Waals surface area contributed by atoms with Gasteiger partial charge in [0.25, 0.3) is 0 Å². The number of rotatable bonds is 2. The molecule has 0 amide bonds. The second-order valence-corrected chi connectivity index (χ2v) is 8.68. The molecule has 5 fully saturated rings. The number of ether oxygens (including phenoxy) is 1. The molecule has 25 heavy (non-hydrogen) atoms. The first-order valence-corrected chi connectivity index (χ1v) is 9.84. The van der Waals surface area contributed by atoms with Gasteiger partial charge in [-0.3, -0.25) is 4.90 Å². The second-order valence-electron chi connectivity index (χ2n) is 8.68. The van der Waals surface area contributed by atoms with Crippen molar-refractivity contribution in [2.45, 2.75) is 75.3 Å². The summed E-state index contributed by atoms with van der Waals surface area (Å²) in [5.41, 5.74) is 2.34. The Labute approximate surface area is 150 Å². The van der Waals surface area contributed by atoms with E-state index < -0.39 is 0 Å². The van der Waals surface area contributed by atoms with Gasteiger partial charge in [0.15, 0.2) is 0 Å². The van der Waals surface area contributed by atoms with Gasteiger partial charge in [0.1, 0.15) is 0 Å². The molecular formula is C21H27N3O. The van der Waals surface area contributed by atoms with E-state index in [4.69, 9.17) is 10.00 Å². The molecule has 1 aromatic rings. The van der Waals surface area contributed by atoms with E-state index in [1.54, 1.807) is 0 Å². The normalized spacial score (nSPS) is 36.4. The number of benzene rings is 1. The number of piperidine rings is 3. The lowest BCUT2D eigenvalue weighted by atomic mass is 9.73. The molecule has 0 spiro atoms. The van der Waals surface area contributed by atoms with Gasteiger partial charge in [0, 0.05) is 36.4 Å². The maximum Gasteiger partial charge on any atom is 0.0991 e. The quantitative estimate of drug-likeness (QED) is 0.830. The zero-order valence-electron chi connectivity index (χ0n) is 15.0. The monoisotopic (exact) mass is 337 g/mol. The molecule has 0 unspecified atom stereocenters. The fourth-order valence-electron chi connectivity index (χ4n) is 5.98. The lowest BCUT2D eigenvalue weighted by Gasteiger charge is -2.62. The van der Waals surface area contributed by atoms with Crippen LogP contribution in [0.5, 0.6) is 0 Å². The highest BCUT2D eigenvalue weighted by Gasteiger charge is 2.53. The first kappa shape index (κ1) is 15.7. The summed E-state index contributed by atoms with van der Waals surface area (Å²) >= 11 is 0. The van der Waals surface area contributed by atoms with Gasteiger partial charge in [-0.2, -0.15) is 5.26 Å². The van der Waals surface area contributed by atoms with Crippen LogP contribution in [0, 0.1) is 11.3 Å². The molecule has 0 atom stereocenters. The largest absolute Gasteiger partial charge is 0.375 e. The summed E-state index contributed by atoms with van der Waals surface area (Å²) in [6, 6.07) is 11.8. The lowest BCUT2D eigenvalue weighted by molar-refractivity contribution is -0.207. The van der Waals surface area contributed by atoms with Crippen LogP contribution in [0.2, 0.25) is 0 Å².